The number of aryl methyl sites for hydroxylation is 1. The van der Waals surface area contributed by atoms with E-state index in [4.69, 9.17) is 28.9 Å². The quantitative estimate of drug-likeness (QED) is 0.864. The number of hydrogen-bond donors (Lipinski definition) is 1. The van der Waals surface area contributed by atoms with Gasteiger partial charge in [-0.05, 0) is 47.9 Å². The smallest absolute Gasteiger partial charge is 0.123 e. The molecule has 0 saturated heterocycles. The molecule has 0 amide bonds. The molecule has 0 spiro atoms. The first-order valence-electron chi connectivity index (χ1n) is 5.45. The molecular formula is C14H12Cl2FN. The van der Waals surface area contributed by atoms with Gasteiger partial charge < -0.3 is 5.73 Å². The molecule has 0 aliphatic rings. The molecule has 0 aliphatic heterocycles. The highest BCUT2D eigenvalue weighted by molar-refractivity contribution is 6.35. The average Bonchev–Trinajstić information content (AvgIpc) is 2.31. The molecule has 18 heavy (non-hydrogen) atoms. The minimum Gasteiger partial charge on any atom is -0.320 e. The molecule has 0 heterocycles. The van der Waals surface area contributed by atoms with Gasteiger partial charge in [-0.2, -0.15) is 0 Å². The first-order valence-corrected chi connectivity index (χ1v) is 6.21. The molecule has 94 valence electrons. The summed E-state index contributed by atoms with van der Waals surface area (Å²) < 4.78 is 13.3. The lowest BCUT2D eigenvalue weighted by Crippen LogP contribution is -2.14. The largest absolute Gasteiger partial charge is 0.320 e. The van der Waals surface area contributed by atoms with Crippen LogP contribution in [0.5, 0.6) is 0 Å². The van der Waals surface area contributed by atoms with Crippen molar-refractivity contribution in [2.45, 2.75) is 13.0 Å². The van der Waals surface area contributed by atoms with Gasteiger partial charge in [0, 0.05) is 10.0 Å². The Kier molecular flexibility index (Phi) is 3.91. The van der Waals surface area contributed by atoms with Gasteiger partial charge in [0.1, 0.15) is 5.82 Å². The first kappa shape index (κ1) is 13.3. The molecule has 0 bridgehead atoms. The number of halogens is 3. The predicted molar refractivity (Wildman–Crippen MR) is 73.6 cm³/mol. The Labute approximate surface area is 115 Å². The Morgan fingerprint density at radius 1 is 1.06 bits per heavy atom. The molecule has 2 N–H and O–H groups in total. The molecule has 1 unspecified atom stereocenters. The Morgan fingerprint density at radius 3 is 2.44 bits per heavy atom. The Hall–Kier alpha value is -1.09. The predicted octanol–water partition coefficient (Wildman–Crippen LogP) is 4.49. The maximum atomic E-state index is 13.3. The summed E-state index contributed by atoms with van der Waals surface area (Å²) in [5.74, 6) is -0.309. The molecule has 2 rings (SSSR count). The highest BCUT2D eigenvalue weighted by Crippen LogP contribution is 2.30. The van der Waals surface area contributed by atoms with Crippen molar-refractivity contribution in [3.8, 4) is 0 Å². The summed E-state index contributed by atoms with van der Waals surface area (Å²) in [5, 5.41) is 1.03. The van der Waals surface area contributed by atoms with Crippen molar-refractivity contribution >= 4 is 23.2 Å². The SMILES string of the molecule is Cc1ccc(F)cc1C(N)c1ccc(Cl)cc1Cl. The summed E-state index contributed by atoms with van der Waals surface area (Å²) in [5.41, 5.74) is 8.52. The molecule has 2 aromatic carbocycles. The van der Waals surface area contributed by atoms with E-state index in [1.807, 2.05) is 6.92 Å². The van der Waals surface area contributed by atoms with Gasteiger partial charge in [-0.3, -0.25) is 0 Å². The summed E-state index contributed by atoms with van der Waals surface area (Å²) >= 11 is 11.9. The number of benzene rings is 2. The summed E-state index contributed by atoms with van der Waals surface area (Å²) in [6, 6.07) is 9.20. The lowest BCUT2D eigenvalue weighted by atomic mass is 9.95. The zero-order valence-electron chi connectivity index (χ0n) is 9.75. The van der Waals surface area contributed by atoms with E-state index in [1.165, 1.54) is 12.1 Å². The Morgan fingerprint density at radius 2 is 1.78 bits per heavy atom. The molecule has 0 aromatic heterocycles. The van der Waals surface area contributed by atoms with Gasteiger partial charge in [-0.15, -0.1) is 0 Å². The Balaban J connectivity index is 2.47. The fourth-order valence-corrected chi connectivity index (χ4v) is 2.39. The highest BCUT2D eigenvalue weighted by Gasteiger charge is 2.15. The second kappa shape index (κ2) is 5.27. The molecule has 1 atom stereocenters. The fourth-order valence-electron chi connectivity index (χ4n) is 1.87. The molecule has 2 aromatic rings. The van der Waals surface area contributed by atoms with Crippen molar-refractivity contribution in [2.24, 2.45) is 5.73 Å². The second-order valence-corrected chi connectivity index (χ2v) is 4.99. The van der Waals surface area contributed by atoms with E-state index in [9.17, 15) is 4.39 Å². The van der Waals surface area contributed by atoms with Crippen LogP contribution in [0.2, 0.25) is 10.0 Å². The highest BCUT2D eigenvalue weighted by atomic mass is 35.5. The van der Waals surface area contributed by atoms with Crippen LogP contribution in [0.1, 0.15) is 22.7 Å². The van der Waals surface area contributed by atoms with Crippen molar-refractivity contribution in [3.05, 3.63) is 69.0 Å². The lowest BCUT2D eigenvalue weighted by molar-refractivity contribution is 0.622. The Bertz CT molecular complexity index is 584. The zero-order chi connectivity index (χ0) is 13.3. The van der Waals surface area contributed by atoms with E-state index < -0.39 is 6.04 Å². The maximum Gasteiger partial charge on any atom is 0.123 e. The van der Waals surface area contributed by atoms with Crippen molar-refractivity contribution in [1.82, 2.24) is 0 Å². The van der Waals surface area contributed by atoms with Crippen LogP contribution >= 0.6 is 23.2 Å². The standard InChI is InChI=1S/C14H12Cl2FN/c1-8-2-4-10(17)7-12(8)14(18)11-5-3-9(15)6-13(11)16/h2-7,14H,18H2,1H3. The van der Waals surface area contributed by atoms with Gasteiger partial charge in [0.15, 0.2) is 0 Å². The number of hydrogen-bond acceptors (Lipinski definition) is 1. The van der Waals surface area contributed by atoms with Gasteiger partial charge in [0.2, 0.25) is 0 Å². The molecule has 0 saturated carbocycles. The number of rotatable bonds is 2. The third-order valence-electron chi connectivity index (χ3n) is 2.87. The molecule has 4 heteroatoms. The summed E-state index contributed by atoms with van der Waals surface area (Å²) in [6.45, 7) is 1.89. The summed E-state index contributed by atoms with van der Waals surface area (Å²) in [4.78, 5) is 0. The van der Waals surface area contributed by atoms with Crippen LogP contribution in [-0.4, -0.2) is 0 Å². The van der Waals surface area contributed by atoms with Crippen molar-refractivity contribution in [1.29, 1.82) is 0 Å². The third-order valence-corrected chi connectivity index (χ3v) is 3.44. The molecule has 0 aliphatic carbocycles. The van der Waals surface area contributed by atoms with Gasteiger partial charge >= 0.3 is 0 Å². The van der Waals surface area contributed by atoms with Gasteiger partial charge in [0.05, 0.1) is 6.04 Å². The van der Waals surface area contributed by atoms with E-state index in [1.54, 1.807) is 24.3 Å². The topological polar surface area (TPSA) is 26.0 Å². The first-order chi connectivity index (χ1) is 8.49. The van der Waals surface area contributed by atoms with Crippen LogP contribution in [-0.2, 0) is 0 Å². The second-order valence-electron chi connectivity index (χ2n) is 4.14. The van der Waals surface area contributed by atoms with Crippen molar-refractivity contribution in [2.75, 3.05) is 0 Å². The molecule has 0 radical (unpaired) electrons. The van der Waals surface area contributed by atoms with Gasteiger partial charge in [-0.1, -0.05) is 35.3 Å². The normalized spacial score (nSPS) is 12.5. The fraction of sp³-hybridized carbons (Fsp3) is 0.143. The molecular weight excluding hydrogens is 272 g/mol. The monoisotopic (exact) mass is 283 g/mol. The molecule has 0 fully saturated rings. The number of nitrogens with two attached hydrogens (primary N) is 1. The van der Waals surface area contributed by atoms with Crippen LogP contribution in [0.4, 0.5) is 4.39 Å². The summed E-state index contributed by atoms with van der Waals surface area (Å²) in [7, 11) is 0. The average molecular weight is 284 g/mol. The van der Waals surface area contributed by atoms with E-state index in [0.29, 0.717) is 10.0 Å². The van der Waals surface area contributed by atoms with E-state index >= 15 is 0 Å². The van der Waals surface area contributed by atoms with Crippen molar-refractivity contribution < 1.29 is 4.39 Å². The van der Waals surface area contributed by atoms with Gasteiger partial charge in [0.25, 0.3) is 0 Å². The minimum absolute atomic E-state index is 0.309. The minimum atomic E-state index is -0.467. The van der Waals surface area contributed by atoms with Crippen LogP contribution < -0.4 is 5.73 Å². The van der Waals surface area contributed by atoms with Crippen LogP contribution in [0, 0.1) is 12.7 Å². The van der Waals surface area contributed by atoms with Crippen molar-refractivity contribution in [3.63, 3.8) is 0 Å². The maximum absolute atomic E-state index is 13.3. The zero-order valence-corrected chi connectivity index (χ0v) is 11.3. The third kappa shape index (κ3) is 2.66. The van der Waals surface area contributed by atoms with Gasteiger partial charge in [-0.25, -0.2) is 4.39 Å². The van der Waals surface area contributed by atoms with Crippen LogP contribution in [0.25, 0.3) is 0 Å². The lowest BCUT2D eigenvalue weighted by Gasteiger charge is -2.16. The van der Waals surface area contributed by atoms with E-state index in [2.05, 4.69) is 0 Å². The van der Waals surface area contributed by atoms with E-state index in [-0.39, 0.29) is 5.82 Å². The van der Waals surface area contributed by atoms with E-state index in [0.717, 1.165) is 16.7 Å². The summed E-state index contributed by atoms with van der Waals surface area (Å²) in [6.07, 6.45) is 0. The van der Waals surface area contributed by atoms with Crippen LogP contribution in [0.15, 0.2) is 36.4 Å². The molecule has 1 nitrogen and oxygen atoms in total. The van der Waals surface area contributed by atoms with Crippen LogP contribution in [0.3, 0.4) is 0 Å².